The van der Waals surface area contributed by atoms with Gasteiger partial charge in [-0.2, -0.15) is 0 Å². The van der Waals surface area contributed by atoms with E-state index >= 15 is 0 Å². The first-order valence-electron chi connectivity index (χ1n) is 7.99. The molecule has 0 saturated carbocycles. The van der Waals surface area contributed by atoms with Crippen LogP contribution in [0.15, 0.2) is 44.4 Å². The number of carbonyl (C=O) groups excluding carboxylic acids is 1. The number of fused-ring (bicyclic) bond motifs is 1. The van der Waals surface area contributed by atoms with E-state index in [1.807, 2.05) is 37.4 Å². The minimum absolute atomic E-state index is 0.0301. The minimum atomic E-state index is -0.564. The number of rotatable bonds is 4. The molecular weight excluding hydrogens is 338 g/mol. The van der Waals surface area contributed by atoms with E-state index in [-0.39, 0.29) is 11.3 Å². The van der Waals surface area contributed by atoms with E-state index in [0.717, 1.165) is 21.4 Å². The Morgan fingerprint density at radius 1 is 1.16 bits per heavy atom. The third-order valence-electron chi connectivity index (χ3n) is 4.14. The summed E-state index contributed by atoms with van der Waals surface area (Å²) in [6.07, 6.45) is 4.41. The van der Waals surface area contributed by atoms with E-state index < -0.39 is 11.2 Å². The van der Waals surface area contributed by atoms with Crippen molar-refractivity contribution in [1.29, 1.82) is 0 Å². The van der Waals surface area contributed by atoms with Crippen molar-refractivity contribution < 1.29 is 4.79 Å². The van der Waals surface area contributed by atoms with Gasteiger partial charge < -0.3 is 5.32 Å². The molecule has 1 N–H and O–H groups in total. The van der Waals surface area contributed by atoms with E-state index in [0.29, 0.717) is 18.1 Å². The van der Waals surface area contributed by atoms with Gasteiger partial charge in [0.2, 0.25) is 5.78 Å². The van der Waals surface area contributed by atoms with Crippen LogP contribution < -0.4 is 16.6 Å². The second-order valence-corrected chi connectivity index (χ2v) is 6.69. The Labute approximate surface area is 149 Å². The number of ketones is 1. The molecule has 0 radical (unpaired) electrons. The molecular formula is C18H19N3O3S. The van der Waals surface area contributed by atoms with Crippen LogP contribution in [0.2, 0.25) is 0 Å². The molecule has 25 heavy (non-hydrogen) atoms. The van der Waals surface area contributed by atoms with Crippen molar-refractivity contribution in [2.45, 2.75) is 24.8 Å². The maximum absolute atomic E-state index is 12.7. The van der Waals surface area contributed by atoms with Gasteiger partial charge in [0, 0.05) is 18.5 Å². The number of aromatic nitrogens is 2. The molecule has 1 aliphatic rings. The lowest BCUT2D eigenvalue weighted by molar-refractivity contribution is 0.104. The van der Waals surface area contributed by atoms with Gasteiger partial charge in [-0.05, 0) is 36.4 Å². The highest BCUT2D eigenvalue weighted by Gasteiger charge is 2.32. The maximum Gasteiger partial charge on any atom is 0.332 e. The van der Waals surface area contributed by atoms with Gasteiger partial charge in [0.1, 0.15) is 11.4 Å². The summed E-state index contributed by atoms with van der Waals surface area (Å²) < 4.78 is 2.44. The van der Waals surface area contributed by atoms with Crippen LogP contribution in [0.5, 0.6) is 0 Å². The number of benzene rings is 1. The van der Waals surface area contributed by atoms with Gasteiger partial charge in [0.05, 0.1) is 5.70 Å². The second kappa shape index (κ2) is 6.76. The Morgan fingerprint density at radius 3 is 2.44 bits per heavy atom. The third-order valence-corrected chi connectivity index (χ3v) is 4.89. The summed E-state index contributed by atoms with van der Waals surface area (Å²) >= 11 is 1.64. The van der Waals surface area contributed by atoms with Gasteiger partial charge in [-0.1, -0.05) is 19.1 Å². The standard InChI is InChI=1S/C18H19N3O3S/c1-4-9-21-16-14(17(23)20(2)18(21)24)15(22)13(19-16)10-11-5-7-12(25-3)8-6-11/h5-8,10,19H,4,9H2,1-3H3. The summed E-state index contributed by atoms with van der Waals surface area (Å²) in [5.74, 6) is -0.0821. The lowest BCUT2D eigenvalue weighted by Gasteiger charge is -2.11. The van der Waals surface area contributed by atoms with Crippen LogP contribution in [-0.2, 0) is 13.6 Å². The zero-order valence-electron chi connectivity index (χ0n) is 14.3. The number of thioether (sulfide) groups is 1. The smallest absolute Gasteiger partial charge is 0.332 e. The van der Waals surface area contributed by atoms with E-state index in [2.05, 4.69) is 5.32 Å². The molecule has 1 aromatic carbocycles. The number of nitrogens with one attached hydrogen (secondary N) is 1. The van der Waals surface area contributed by atoms with Gasteiger partial charge in [-0.25, -0.2) is 4.79 Å². The van der Waals surface area contributed by atoms with Crippen LogP contribution in [0.25, 0.3) is 6.08 Å². The lowest BCUT2D eigenvalue weighted by atomic mass is 10.1. The minimum Gasteiger partial charge on any atom is -0.338 e. The number of anilines is 1. The first-order valence-corrected chi connectivity index (χ1v) is 9.21. The molecule has 0 saturated heterocycles. The largest absolute Gasteiger partial charge is 0.338 e. The predicted molar refractivity (Wildman–Crippen MR) is 100 cm³/mol. The molecule has 0 aliphatic carbocycles. The molecule has 0 bridgehead atoms. The summed E-state index contributed by atoms with van der Waals surface area (Å²) in [4.78, 5) is 38.6. The summed E-state index contributed by atoms with van der Waals surface area (Å²) in [7, 11) is 1.40. The zero-order valence-corrected chi connectivity index (χ0v) is 15.1. The molecule has 1 aliphatic heterocycles. The fourth-order valence-corrected chi connectivity index (χ4v) is 3.23. The lowest BCUT2D eigenvalue weighted by Crippen LogP contribution is -2.40. The Bertz CT molecular complexity index is 984. The number of hydrogen-bond acceptors (Lipinski definition) is 5. The molecule has 3 rings (SSSR count). The summed E-state index contributed by atoms with van der Waals surface area (Å²) in [5.41, 5.74) is 0.201. The number of Topliss-reactive ketones (excluding diaryl/α,β-unsaturated/α-hetero) is 1. The maximum atomic E-state index is 12.7. The van der Waals surface area contributed by atoms with Gasteiger partial charge in [0.25, 0.3) is 5.56 Å². The van der Waals surface area contributed by atoms with Crippen molar-refractivity contribution >= 4 is 29.4 Å². The fourth-order valence-electron chi connectivity index (χ4n) is 2.82. The van der Waals surface area contributed by atoms with Gasteiger partial charge in [-0.3, -0.25) is 18.7 Å². The van der Waals surface area contributed by atoms with Crippen LogP contribution in [0, 0.1) is 0 Å². The van der Waals surface area contributed by atoms with Gasteiger partial charge in [0.15, 0.2) is 0 Å². The summed E-state index contributed by atoms with van der Waals surface area (Å²) in [5, 5.41) is 2.98. The van der Waals surface area contributed by atoms with Gasteiger partial charge >= 0.3 is 5.69 Å². The topological polar surface area (TPSA) is 73.1 Å². The van der Waals surface area contributed by atoms with Crippen molar-refractivity contribution in [3.8, 4) is 0 Å². The monoisotopic (exact) mass is 357 g/mol. The zero-order chi connectivity index (χ0) is 18.1. The van der Waals surface area contributed by atoms with E-state index in [9.17, 15) is 14.4 Å². The normalized spacial score (nSPS) is 14.7. The molecule has 0 amide bonds. The van der Waals surface area contributed by atoms with Gasteiger partial charge in [-0.15, -0.1) is 11.8 Å². The third kappa shape index (κ3) is 2.95. The summed E-state index contributed by atoms with van der Waals surface area (Å²) in [6, 6.07) is 7.76. The molecule has 130 valence electrons. The van der Waals surface area contributed by atoms with E-state index in [4.69, 9.17) is 0 Å². The number of allylic oxidation sites excluding steroid dienone is 1. The molecule has 0 spiro atoms. The number of carbonyl (C=O) groups is 1. The first-order chi connectivity index (χ1) is 12.0. The molecule has 0 fully saturated rings. The molecule has 1 aromatic heterocycles. The Kier molecular flexibility index (Phi) is 4.67. The average molecular weight is 357 g/mol. The Balaban J connectivity index is 2.10. The van der Waals surface area contributed by atoms with Crippen molar-refractivity contribution in [1.82, 2.24) is 9.13 Å². The quantitative estimate of drug-likeness (QED) is 0.672. The Morgan fingerprint density at radius 2 is 1.84 bits per heavy atom. The van der Waals surface area contributed by atoms with E-state index in [1.165, 1.54) is 11.6 Å². The average Bonchev–Trinajstić information content (AvgIpc) is 2.94. The molecule has 6 nitrogen and oxygen atoms in total. The highest BCUT2D eigenvalue weighted by atomic mass is 32.2. The molecule has 7 heteroatoms. The van der Waals surface area contributed by atoms with Crippen molar-refractivity contribution in [2.24, 2.45) is 7.05 Å². The first kappa shape index (κ1) is 17.3. The van der Waals surface area contributed by atoms with Crippen molar-refractivity contribution in [3.05, 3.63) is 61.9 Å². The van der Waals surface area contributed by atoms with Crippen LogP contribution in [0.4, 0.5) is 5.82 Å². The van der Waals surface area contributed by atoms with Crippen molar-refractivity contribution in [3.63, 3.8) is 0 Å². The Hall–Kier alpha value is -2.54. The predicted octanol–water partition coefficient (Wildman–Crippen LogP) is 2.33. The molecule has 2 heterocycles. The number of nitrogens with zero attached hydrogens (tertiary/aromatic N) is 2. The molecule has 0 unspecified atom stereocenters. The SMILES string of the molecule is CCCn1c2c(c(=O)n(C)c1=O)C(=O)C(=Cc1ccc(SC)cc1)N2. The number of hydrogen-bond donors (Lipinski definition) is 1. The second-order valence-electron chi connectivity index (χ2n) is 5.81. The van der Waals surface area contributed by atoms with Crippen LogP contribution in [0.3, 0.4) is 0 Å². The van der Waals surface area contributed by atoms with Crippen molar-refractivity contribution in [2.75, 3.05) is 11.6 Å². The van der Waals surface area contributed by atoms with Crippen LogP contribution in [0.1, 0.15) is 29.3 Å². The summed E-state index contributed by atoms with van der Waals surface area (Å²) in [6.45, 7) is 2.37. The molecule has 0 atom stereocenters. The highest BCUT2D eigenvalue weighted by Crippen LogP contribution is 2.26. The highest BCUT2D eigenvalue weighted by molar-refractivity contribution is 7.98. The molecule has 2 aromatic rings. The van der Waals surface area contributed by atoms with E-state index in [1.54, 1.807) is 17.8 Å². The fraction of sp³-hybridized carbons (Fsp3) is 0.278. The van der Waals surface area contributed by atoms with Crippen LogP contribution >= 0.6 is 11.8 Å². The van der Waals surface area contributed by atoms with Crippen LogP contribution in [-0.4, -0.2) is 21.2 Å².